The molecule has 1 aromatic carbocycles. The summed E-state index contributed by atoms with van der Waals surface area (Å²) in [6.07, 6.45) is 8.20. The van der Waals surface area contributed by atoms with Gasteiger partial charge in [-0.15, -0.1) is 0 Å². The van der Waals surface area contributed by atoms with E-state index in [1.807, 2.05) is 69.3 Å². The highest BCUT2D eigenvalue weighted by Gasteiger charge is 2.36. The van der Waals surface area contributed by atoms with E-state index >= 15 is 0 Å². The Morgan fingerprint density at radius 1 is 1.27 bits per heavy atom. The van der Waals surface area contributed by atoms with Gasteiger partial charge in [-0.1, -0.05) is 55.5 Å². The molecule has 0 amide bonds. The van der Waals surface area contributed by atoms with E-state index in [2.05, 4.69) is 0 Å². The molecule has 3 nitrogen and oxygen atoms in total. The zero-order valence-corrected chi connectivity index (χ0v) is 13.8. The molecule has 0 aliphatic carbocycles. The second-order valence-corrected chi connectivity index (χ2v) is 5.39. The molecule has 2 atom stereocenters. The summed E-state index contributed by atoms with van der Waals surface area (Å²) in [6, 6.07) is 8.02. The summed E-state index contributed by atoms with van der Waals surface area (Å²) in [5, 5.41) is 20.4. The van der Waals surface area contributed by atoms with Crippen LogP contribution >= 0.6 is 0 Å². The number of aliphatic hydroxyl groups excluding tert-OH is 2. The average Bonchev–Trinajstić information content (AvgIpc) is 2.53. The second-order valence-electron chi connectivity index (χ2n) is 5.39. The van der Waals surface area contributed by atoms with Crippen molar-refractivity contribution in [2.24, 2.45) is 5.41 Å². The van der Waals surface area contributed by atoms with E-state index in [9.17, 15) is 10.2 Å². The van der Waals surface area contributed by atoms with Gasteiger partial charge in [-0.05, 0) is 37.8 Å². The van der Waals surface area contributed by atoms with Crippen LogP contribution < -0.4 is 0 Å². The van der Waals surface area contributed by atoms with Gasteiger partial charge < -0.3 is 14.9 Å². The van der Waals surface area contributed by atoms with Crippen LogP contribution in [0.25, 0.3) is 6.08 Å². The van der Waals surface area contributed by atoms with E-state index < -0.39 is 11.7 Å². The Hall–Kier alpha value is -1.42. The van der Waals surface area contributed by atoms with Crippen molar-refractivity contribution < 1.29 is 14.9 Å². The van der Waals surface area contributed by atoms with E-state index in [1.54, 1.807) is 0 Å². The Kier molecular flexibility index (Phi) is 8.10. The number of rotatable bonds is 9. The highest BCUT2D eigenvalue weighted by molar-refractivity contribution is 5.53. The molecule has 0 bridgehead atoms. The summed E-state index contributed by atoms with van der Waals surface area (Å²) >= 11 is 0. The van der Waals surface area contributed by atoms with Crippen LogP contribution in [-0.4, -0.2) is 29.7 Å². The number of allylic oxidation sites excluding steroid dienone is 2. The van der Waals surface area contributed by atoms with Crippen molar-refractivity contribution in [3.05, 3.63) is 53.6 Å². The van der Waals surface area contributed by atoms with Crippen LogP contribution in [0.3, 0.4) is 0 Å². The molecule has 1 aromatic rings. The summed E-state index contributed by atoms with van der Waals surface area (Å²) < 4.78 is 5.39. The molecule has 0 saturated carbocycles. The van der Waals surface area contributed by atoms with Crippen LogP contribution in [0.4, 0.5) is 0 Å². The molecule has 0 spiro atoms. The van der Waals surface area contributed by atoms with E-state index in [1.165, 1.54) is 0 Å². The third-order valence-electron chi connectivity index (χ3n) is 3.72. The predicted molar refractivity (Wildman–Crippen MR) is 91.4 cm³/mol. The topological polar surface area (TPSA) is 49.7 Å². The standard InChI is InChI=1S/C19H28O3/c1-4-7-13-19(15-20,18(21)22-6-3)14-17-12-9-8-11-16(17)10-5-2/h5,7-13,18,20-21H,4,6,14-15H2,1-3H3. The summed E-state index contributed by atoms with van der Waals surface area (Å²) in [7, 11) is 0. The number of hydrogen-bond donors (Lipinski definition) is 2. The number of aliphatic hydroxyl groups is 2. The van der Waals surface area contributed by atoms with Gasteiger partial charge in [-0.2, -0.15) is 0 Å². The Morgan fingerprint density at radius 3 is 2.59 bits per heavy atom. The van der Waals surface area contributed by atoms with Gasteiger partial charge in [0.2, 0.25) is 0 Å². The third kappa shape index (κ3) is 4.80. The van der Waals surface area contributed by atoms with Gasteiger partial charge in [-0.3, -0.25) is 0 Å². The minimum absolute atomic E-state index is 0.172. The summed E-state index contributed by atoms with van der Waals surface area (Å²) in [5.41, 5.74) is 1.34. The van der Waals surface area contributed by atoms with Gasteiger partial charge >= 0.3 is 0 Å². The zero-order chi connectivity index (χ0) is 16.4. The molecule has 0 fully saturated rings. The molecular weight excluding hydrogens is 276 g/mol. The van der Waals surface area contributed by atoms with E-state index in [-0.39, 0.29) is 6.61 Å². The van der Waals surface area contributed by atoms with Crippen molar-refractivity contribution in [2.45, 2.75) is 39.9 Å². The molecule has 2 unspecified atom stereocenters. The molecule has 122 valence electrons. The van der Waals surface area contributed by atoms with Crippen molar-refractivity contribution in [2.75, 3.05) is 13.2 Å². The van der Waals surface area contributed by atoms with E-state index in [0.717, 1.165) is 17.5 Å². The lowest BCUT2D eigenvalue weighted by Gasteiger charge is -2.34. The predicted octanol–water partition coefficient (Wildman–Crippen LogP) is 3.56. The van der Waals surface area contributed by atoms with Crippen LogP contribution in [0.2, 0.25) is 0 Å². The van der Waals surface area contributed by atoms with Crippen LogP contribution in [0.15, 0.2) is 42.5 Å². The summed E-state index contributed by atoms with van der Waals surface area (Å²) in [6.45, 7) is 6.07. The summed E-state index contributed by atoms with van der Waals surface area (Å²) in [5.74, 6) is 0. The van der Waals surface area contributed by atoms with E-state index in [4.69, 9.17) is 4.74 Å². The van der Waals surface area contributed by atoms with Crippen molar-refractivity contribution in [3.63, 3.8) is 0 Å². The molecular formula is C19H28O3. The normalized spacial score (nSPS) is 16.2. The molecule has 0 aliphatic rings. The Morgan fingerprint density at radius 2 is 2.00 bits per heavy atom. The molecule has 1 rings (SSSR count). The monoisotopic (exact) mass is 304 g/mol. The molecule has 0 aromatic heterocycles. The SMILES string of the molecule is CC=Cc1ccccc1CC(C=CCC)(CO)C(O)OCC. The Labute approximate surface area is 133 Å². The molecule has 0 aliphatic heterocycles. The van der Waals surface area contributed by atoms with Crippen molar-refractivity contribution in [3.8, 4) is 0 Å². The maximum Gasteiger partial charge on any atom is 0.166 e. The average molecular weight is 304 g/mol. The van der Waals surface area contributed by atoms with Crippen LogP contribution in [0.5, 0.6) is 0 Å². The molecule has 3 heteroatoms. The van der Waals surface area contributed by atoms with Gasteiger partial charge in [0.1, 0.15) is 0 Å². The van der Waals surface area contributed by atoms with Gasteiger partial charge in [-0.25, -0.2) is 0 Å². The Balaban J connectivity index is 3.19. The smallest absolute Gasteiger partial charge is 0.166 e. The lowest BCUT2D eigenvalue weighted by molar-refractivity contribution is -0.167. The minimum atomic E-state index is -1.04. The molecule has 0 saturated heterocycles. The van der Waals surface area contributed by atoms with Crippen molar-refractivity contribution in [1.29, 1.82) is 0 Å². The van der Waals surface area contributed by atoms with Gasteiger partial charge in [0, 0.05) is 6.61 Å². The first-order valence-corrected chi connectivity index (χ1v) is 7.92. The fourth-order valence-electron chi connectivity index (χ4n) is 2.48. The fraction of sp³-hybridized carbons (Fsp3) is 0.474. The first-order chi connectivity index (χ1) is 10.6. The van der Waals surface area contributed by atoms with E-state index in [0.29, 0.717) is 13.0 Å². The number of hydrogen-bond acceptors (Lipinski definition) is 3. The highest BCUT2D eigenvalue weighted by Crippen LogP contribution is 2.31. The molecule has 2 N–H and O–H groups in total. The lowest BCUT2D eigenvalue weighted by Crippen LogP contribution is -2.41. The zero-order valence-electron chi connectivity index (χ0n) is 13.8. The first kappa shape index (κ1) is 18.6. The Bertz CT molecular complexity index is 493. The van der Waals surface area contributed by atoms with Crippen LogP contribution in [-0.2, 0) is 11.2 Å². The van der Waals surface area contributed by atoms with Crippen molar-refractivity contribution in [1.82, 2.24) is 0 Å². The third-order valence-corrected chi connectivity index (χ3v) is 3.72. The quantitative estimate of drug-likeness (QED) is 0.542. The fourth-order valence-corrected chi connectivity index (χ4v) is 2.48. The van der Waals surface area contributed by atoms with Gasteiger partial charge in [0.15, 0.2) is 6.29 Å². The first-order valence-electron chi connectivity index (χ1n) is 7.92. The number of benzene rings is 1. The summed E-state index contributed by atoms with van der Waals surface area (Å²) in [4.78, 5) is 0. The number of ether oxygens (including phenoxy) is 1. The lowest BCUT2D eigenvalue weighted by atomic mass is 9.79. The van der Waals surface area contributed by atoms with Gasteiger partial charge in [0.05, 0.1) is 12.0 Å². The highest BCUT2D eigenvalue weighted by atomic mass is 16.6. The van der Waals surface area contributed by atoms with Gasteiger partial charge in [0.25, 0.3) is 0 Å². The van der Waals surface area contributed by atoms with Crippen molar-refractivity contribution >= 4 is 6.08 Å². The van der Waals surface area contributed by atoms with Crippen LogP contribution in [0, 0.1) is 5.41 Å². The minimum Gasteiger partial charge on any atom is -0.395 e. The molecule has 22 heavy (non-hydrogen) atoms. The maximum atomic E-state index is 10.4. The second kappa shape index (κ2) is 9.57. The maximum absolute atomic E-state index is 10.4. The largest absolute Gasteiger partial charge is 0.395 e. The molecule has 0 heterocycles. The van der Waals surface area contributed by atoms with Crippen LogP contribution in [0.1, 0.15) is 38.3 Å². The molecule has 0 radical (unpaired) electrons.